The fourth-order valence-corrected chi connectivity index (χ4v) is 2.19. The molecule has 18 heavy (non-hydrogen) atoms. The molecular formula is C17H34O. The van der Waals surface area contributed by atoms with Crippen LogP contribution in [-0.2, 0) is 0 Å². The van der Waals surface area contributed by atoms with E-state index in [1.165, 1.54) is 77.0 Å². The summed E-state index contributed by atoms with van der Waals surface area (Å²) in [6, 6.07) is 0. The molecule has 0 aromatic rings. The minimum atomic E-state index is 0.368. The molecule has 0 fully saturated rings. The van der Waals surface area contributed by atoms with Crippen molar-refractivity contribution in [1.82, 2.24) is 0 Å². The van der Waals surface area contributed by atoms with Gasteiger partial charge >= 0.3 is 0 Å². The number of hydrogen-bond donors (Lipinski definition) is 1. The highest BCUT2D eigenvalue weighted by atomic mass is 16.2. The van der Waals surface area contributed by atoms with Crippen molar-refractivity contribution in [1.29, 1.82) is 0 Å². The lowest BCUT2D eigenvalue weighted by molar-refractivity contribution is 0.282. The van der Waals surface area contributed by atoms with Crippen molar-refractivity contribution in [3.63, 3.8) is 0 Å². The summed E-state index contributed by atoms with van der Waals surface area (Å²) < 4.78 is 0. The van der Waals surface area contributed by atoms with Crippen LogP contribution >= 0.6 is 0 Å². The predicted molar refractivity (Wildman–Crippen MR) is 81.9 cm³/mol. The fourth-order valence-electron chi connectivity index (χ4n) is 2.19. The lowest BCUT2D eigenvalue weighted by Gasteiger charge is -2.01. The van der Waals surface area contributed by atoms with Crippen molar-refractivity contribution in [3.05, 3.63) is 12.2 Å². The van der Waals surface area contributed by atoms with Crippen LogP contribution in [0, 0.1) is 0 Å². The highest BCUT2D eigenvalue weighted by Gasteiger charge is 1.92. The molecule has 0 saturated carbocycles. The van der Waals surface area contributed by atoms with Crippen molar-refractivity contribution >= 4 is 0 Å². The van der Waals surface area contributed by atoms with Crippen LogP contribution < -0.4 is 0 Å². The second kappa shape index (κ2) is 16.7. The first-order chi connectivity index (χ1) is 8.91. The van der Waals surface area contributed by atoms with E-state index in [1.807, 2.05) is 0 Å². The molecule has 0 saturated heterocycles. The Kier molecular flexibility index (Phi) is 16.4. The Bertz CT molecular complexity index is 163. The molecule has 0 aliphatic heterocycles. The van der Waals surface area contributed by atoms with Gasteiger partial charge in [-0.25, -0.2) is 0 Å². The summed E-state index contributed by atoms with van der Waals surface area (Å²) in [4.78, 5) is 0. The lowest BCUT2D eigenvalue weighted by Crippen LogP contribution is -1.84. The van der Waals surface area contributed by atoms with Crippen LogP contribution in [0.1, 0.15) is 90.4 Å². The molecule has 0 unspecified atom stereocenters. The van der Waals surface area contributed by atoms with Gasteiger partial charge in [-0.3, -0.25) is 0 Å². The molecule has 0 amide bonds. The number of rotatable bonds is 14. The molecule has 0 spiro atoms. The third-order valence-electron chi connectivity index (χ3n) is 3.40. The summed E-state index contributed by atoms with van der Waals surface area (Å²) in [6.07, 6.45) is 21.7. The van der Waals surface area contributed by atoms with Crippen LogP contribution in [0.25, 0.3) is 0 Å². The SMILES string of the molecule is CCC/C=C/CCCCCCCCCCCCO. The third-order valence-corrected chi connectivity index (χ3v) is 3.40. The molecule has 0 aromatic heterocycles. The predicted octanol–water partition coefficient (Wildman–Crippen LogP) is 5.63. The minimum absolute atomic E-state index is 0.368. The summed E-state index contributed by atoms with van der Waals surface area (Å²) >= 11 is 0. The van der Waals surface area contributed by atoms with Gasteiger partial charge < -0.3 is 5.11 Å². The fraction of sp³-hybridized carbons (Fsp3) is 0.882. The van der Waals surface area contributed by atoms with E-state index in [0.717, 1.165) is 6.42 Å². The molecule has 0 aromatic carbocycles. The molecule has 0 radical (unpaired) electrons. The first-order valence-corrected chi connectivity index (χ1v) is 8.17. The molecule has 0 aliphatic carbocycles. The maximum atomic E-state index is 8.65. The van der Waals surface area contributed by atoms with E-state index in [-0.39, 0.29) is 0 Å². The van der Waals surface area contributed by atoms with E-state index >= 15 is 0 Å². The van der Waals surface area contributed by atoms with Gasteiger partial charge in [-0.1, -0.05) is 76.9 Å². The minimum Gasteiger partial charge on any atom is -0.396 e. The Morgan fingerprint density at radius 3 is 1.56 bits per heavy atom. The van der Waals surface area contributed by atoms with Gasteiger partial charge in [0.25, 0.3) is 0 Å². The Morgan fingerprint density at radius 2 is 1.06 bits per heavy atom. The van der Waals surface area contributed by atoms with E-state index in [1.54, 1.807) is 0 Å². The molecule has 0 heterocycles. The van der Waals surface area contributed by atoms with Crippen molar-refractivity contribution in [3.8, 4) is 0 Å². The zero-order chi connectivity index (χ0) is 13.3. The Morgan fingerprint density at radius 1 is 0.611 bits per heavy atom. The Balaban J connectivity index is 2.94. The molecule has 0 aliphatic rings. The van der Waals surface area contributed by atoms with Gasteiger partial charge in [-0.2, -0.15) is 0 Å². The van der Waals surface area contributed by atoms with Crippen LogP contribution in [0.15, 0.2) is 12.2 Å². The summed E-state index contributed by atoms with van der Waals surface area (Å²) in [7, 11) is 0. The molecule has 1 heteroatoms. The first kappa shape index (κ1) is 17.7. The van der Waals surface area contributed by atoms with Crippen LogP contribution in [0.2, 0.25) is 0 Å². The summed E-state index contributed by atoms with van der Waals surface area (Å²) in [5.41, 5.74) is 0. The second-order valence-corrected chi connectivity index (χ2v) is 5.31. The van der Waals surface area contributed by atoms with Crippen LogP contribution in [0.5, 0.6) is 0 Å². The van der Waals surface area contributed by atoms with Gasteiger partial charge in [0.15, 0.2) is 0 Å². The third kappa shape index (κ3) is 15.7. The van der Waals surface area contributed by atoms with E-state index in [2.05, 4.69) is 19.1 Å². The number of aliphatic hydroxyl groups excluding tert-OH is 1. The van der Waals surface area contributed by atoms with Crippen molar-refractivity contribution < 1.29 is 5.11 Å². The number of unbranched alkanes of at least 4 members (excludes halogenated alkanes) is 11. The zero-order valence-electron chi connectivity index (χ0n) is 12.5. The van der Waals surface area contributed by atoms with Crippen molar-refractivity contribution in [2.75, 3.05) is 6.61 Å². The highest BCUT2D eigenvalue weighted by Crippen LogP contribution is 2.11. The number of hydrogen-bond acceptors (Lipinski definition) is 1. The topological polar surface area (TPSA) is 20.2 Å². The maximum Gasteiger partial charge on any atom is 0.0431 e. The summed E-state index contributed by atoms with van der Waals surface area (Å²) in [5.74, 6) is 0. The molecule has 108 valence electrons. The van der Waals surface area contributed by atoms with Crippen molar-refractivity contribution in [2.24, 2.45) is 0 Å². The van der Waals surface area contributed by atoms with Crippen LogP contribution in [0.4, 0.5) is 0 Å². The molecule has 0 rings (SSSR count). The van der Waals surface area contributed by atoms with Crippen molar-refractivity contribution in [2.45, 2.75) is 90.4 Å². The van der Waals surface area contributed by atoms with Gasteiger partial charge in [0.05, 0.1) is 0 Å². The lowest BCUT2D eigenvalue weighted by atomic mass is 10.1. The molecule has 0 atom stereocenters. The smallest absolute Gasteiger partial charge is 0.0431 e. The average Bonchev–Trinajstić information content (AvgIpc) is 2.39. The van der Waals surface area contributed by atoms with Crippen LogP contribution in [0.3, 0.4) is 0 Å². The largest absolute Gasteiger partial charge is 0.396 e. The molecule has 0 bridgehead atoms. The number of allylic oxidation sites excluding steroid dienone is 2. The maximum absolute atomic E-state index is 8.65. The van der Waals surface area contributed by atoms with Gasteiger partial charge in [-0.05, 0) is 25.7 Å². The quantitative estimate of drug-likeness (QED) is 0.315. The normalized spacial score (nSPS) is 11.4. The summed E-state index contributed by atoms with van der Waals surface area (Å²) in [5, 5.41) is 8.65. The average molecular weight is 254 g/mol. The molecule has 1 N–H and O–H groups in total. The molecule has 1 nitrogen and oxygen atoms in total. The van der Waals surface area contributed by atoms with Crippen LogP contribution in [-0.4, -0.2) is 11.7 Å². The molecular weight excluding hydrogens is 220 g/mol. The van der Waals surface area contributed by atoms with Gasteiger partial charge in [-0.15, -0.1) is 0 Å². The van der Waals surface area contributed by atoms with Gasteiger partial charge in [0.2, 0.25) is 0 Å². The Hall–Kier alpha value is -0.300. The van der Waals surface area contributed by atoms with E-state index < -0.39 is 0 Å². The zero-order valence-corrected chi connectivity index (χ0v) is 12.5. The first-order valence-electron chi connectivity index (χ1n) is 8.17. The highest BCUT2D eigenvalue weighted by molar-refractivity contribution is 4.80. The Labute approximate surface area is 115 Å². The van der Waals surface area contributed by atoms with Gasteiger partial charge in [0.1, 0.15) is 0 Å². The monoisotopic (exact) mass is 254 g/mol. The second-order valence-electron chi connectivity index (χ2n) is 5.31. The van der Waals surface area contributed by atoms with E-state index in [4.69, 9.17) is 5.11 Å². The number of aliphatic hydroxyl groups is 1. The van der Waals surface area contributed by atoms with Gasteiger partial charge in [0, 0.05) is 6.61 Å². The van der Waals surface area contributed by atoms with E-state index in [9.17, 15) is 0 Å². The standard InChI is InChI=1S/C17H34O/c1-2-3-4-5-6-7-8-9-10-11-12-13-14-15-16-17-18/h4-5,18H,2-3,6-17H2,1H3/b5-4+. The summed E-state index contributed by atoms with van der Waals surface area (Å²) in [6.45, 7) is 2.60. The van der Waals surface area contributed by atoms with E-state index in [0.29, 0.717) is 6.61 Å².